The van der Waals surface area contributed by atoms with Crippen LogP contribution in [0, 0.1) is 0 Å². The molecule has 0 aliphatic rings. The summed E-state index contributed by atoms with van der Waals surface area (Å²) >= 11 is 8.54. The highest BCUT2D eigenvalue weighted by molar-refractivity contribution is 7.93. The second-order valence-corrected chi connectivity index (χ2v) is 10.9. The molecule has 0 radical (unpaired) electrons. The van der Waals surface area contributed by atoms with E-state index in [2.05, 4.69) is 14.3 Å². The molecule has 3 rings (SSSR count). The molecule has 0 saturated carbocycles. The van der Waals surface area contributed by atoms with E-state index < -0.39 is 26.8 Å². The van der Waals surface area contributed by atoms with Crippen LogP contribution >= 0.6 is 34.3 Å². The number of rotatable bonds is 4. The molecule has 0 aliphatic carbocycles. The summed E-state index contributed by atoms with van der Waals surface area (Å²) in [6, 6.07) is 5.76. The lowest BCUT2D eigenvalue weighted by molar-refractivity contribution is -0.141. The summed E-state index contributed by atoms with van der Waals surface area (Å²) < 4.78 is 55.8. The van der Waals surface area contributed by atoms with Crippen molar-refractivity contribution in [3.63, 3.8) is 0 Å². The number of thiophene rings is 1. The average molecular weight is 452 g/mol. The fourth-order valence-corrected chi connectivity index (χ4v) is 5.57. The SMILES string of the molecule is CC(c1ccc(C(F)(F)F)nc1)S(C)(=O)=Nc1nc(-c2ccc(Cl)s2)cs1. The van der Waals surface area contributed by atoms with Gasteiger partial charge < -0.3 is 0 Å². The number of hydrogen-bond donors (Lipinski definition) is 0. The zero-order chi connectivity index (χ0) is 19.8. The first-order chi connectivity index (χ1) is 12.6. The Kier molecular flexibility index (Phi) is 5.62. The highest BCUT2D eigenvalue weighted by Crippen LogP contribution is 2.35. The number of halogens is 4. The van der Waals surface area contributed by atoms with Crippen molar-refractivity contribution in [1.29, 1.82) is 0 Å². The lowest BCUT2D eigenvalue weighted by Gasteiger charge is -2.14. The molecule has 4 nitrogen and oxygen atoms in total. The second kappa shape index (κ2) is 7.50. The van der Waals surface area contributed by atoms with Crippen LogP contribution in [-0.4, -0.2) is 20.4 Å². The van der Waals surface area contributed by atoms with Gasteiger partial charge in [0.2, 0.25) is 5.13 Å². The van der Waals surface area contributed by atoms with Crippen LogP contribution in [0.3, 0.4) is 0 Å². The first-order valence-corrected chi connectivity index (χ1v) is 11.6. The van der Waals surface area contributed by atoms with E-state index in [9.17, 15) is 17.4 Å². The Labute approximate surface area is 167 Å². The minimum atomic E-state index is -4.51. The summed E-state index contributed by atoms with van der Waals surface area (Å²) in [5, 5.41) is 1.52. The Balaban J connectivity index is 1.87. The van der Waals surface area contributed by atoms with Crippen LogP contribution in [0.5, 0.6) is 0 Å². The van der Waals surface area contributed by atoms with Gasteiger partial charge in [0.05, 0.1) is 29.9 Å². The molecule has 0 N–H and O–H groups in total. The van der Waals surface area contributed by atoms with E-state index >= 15 is 0 Å². The van der Waals surface area contributed by atoms with Gasteiger partial charge >= 0.3 is 6.18 Å². The predicted octanol–water partition coefficient (Wildman–Crippen LogP) is 6.43. The summed E-state index contributed by atoms with van der Waals surface area (Å²) in [6.45, 7) is 1.64. The third-order valence-electron chi connectivity index (χ3n) is 3.78. The summed E-state index contributed by atoms with van der Waals surface area (Å²) in [6.07, 6.45) is -1.97. The van der Waals surface area contributed by atoms with Crippen molar-refractivity contribution in [1.82, 2.24) is 9.97 Å². The summed E-state index contributed by atoms with van der Waals surface area (Å²) in [5.74, 6) is 0. The molecule has 0 bridgehead atoms. The van der Waals surface area contributed by atoms with Gasteiger partial charge in [0.25, 0.3) is 0 Å². The van der Waals surface area contributed by atoms with Crippen LogP contribution in [0.25, 0.3) is 10.6 Å². The van der Waals surface area contributed by atoms with Crippen molar-refractivity contribution in [3.8, 4) is 10.6 Å². The molecule has 0 aromatic carbocycles. The molecule has 0 spiro atoms. The third kappa shape index (κ3) is 4.68. The molecule has 3 heterocycles. The fraction of sp³-hybridized carbons (Fsp3) is 0.250. The van der Waals surface area contributed by atoms with Gasteiger partial charge in [0.1, 0.15) is 5.69 Å². The Morgan fingerprint density at radius 1 is 1.26 bits per heavy atom. The van der Waals surface area contributed by atoms with Gasteiger partial charge in [-0.1, -0.05) is 17.7 Å². The van der Waals surface area contributed by atoms with Crippen molar-refractivity contribution >= 4 is 49.1 Å². The molecule has 27 heavy (non-hydrogen) atoms. The molecule has 144 valence electrons. The number of nitrogens with zero attached hydrogens (tertiary/aromatic N) is 3. The van der Waals surface area contributed by atoms with Crippen molar-refractivity contribution in [2.45, 2.75) is 18.3 Å². The molecule has 11 heteroatoms. The Hall–Kier alpha value is -1.49. The molecule has 2 unspecified atom stereocenters. The molecule has 0 aliphatic heterocycles. The molecule has 0 amide bonds. The standard InChI is InChI=1S/C16H13ClF3N3OS3/c1-9(10-3-5-13(21-7-10)16(18,19)20)27(2,24)23-15-22-11(8-25-15)12-4-6-14(17)26-12/h3-9H,1-2H3. The van der Waals surface area contributed by atoms with Gasteiger partial charge in [-0.05, 0) is 30.7 Å². The molecular formula is C16H13ClF3N3OS3. The van der Waals surface area contributed by atoms with E-state index in [1.807, 2.05) is 6.07 Å². The van der Waals surface area contributed by atoms with Gasteiger partial charge in [0, 0.05) is 17.8 Å². The van der Waals surface area contributed by atoms with Crippen molar-refractivity contribution < 1.29 is 17.4 Å². The minimum Gasteiger partial charge on any atom is -0.251 e. The van der Waals surface area contributed by atoms with E-state index in [4.69, 9.17) is 11.6 Å². The lowest BCUT2D eigenvalue weighted by atomic mass is 10.2. The maximum atomic E-state index is 13.0. The zero-order valence-electron chi connectivity index (χ0n) is 14.0. The zero-order valence-corrected chi connectivity index (χ0v) is 17.2. The number of hydrogen-bond acceptors (Lipinski definition) is 6. The highest BCUT2D eigenvalue weighted by atomic mass is 35.5. The van der Waals surface area contributed by atoms with E-state index in [0.29, 0.717) is 20.7 Å². The smallest absolute Gasteiger partial charge is 0.251 e. The Bertz CT molecular complexity index is 1070. The number of alkyl halides is 3. The van der Waals surface area contributed by atoms with Gasteiger partial charge in [-0.3, -0.25) is 4.98 Å². The number of pyridine rings is 1. The molecule has 3 aromatic rings. The van der Waals surface area contributed by atoms with Crippen LogP contribution < -0.4 is 0 Å². The number of aromatic nitrogens is 2. The van der Waals surface area contributed by atoms with E-state index in [-0.39, 0.29) is 0 Å². The lowest BCUT2D eigenvalue weighted by Crippen LogP contribution is -2.11. The second-order valence-electron chi connectivity index (χ2n) is 5.69. The predicted molar refractivity (Wildman–Crippen MR) is 104 cm³/mol. The van der Waals surface area contributed by atoms with E-state index in [0.717, 1.165) is 17.1 Å². The number of thiazole rings is 1. The molecule has 0 fully saturated rings. The van der Waals surface area contributed by atoms with Crippen LogP contribution in [0.15, 0.2) is 40.2 Å². The van der Waals surface area contributed by atoms with Crippen LogP contribution in [0.1, 0.15) is 23.4 Å². The molecular weight excluding hydrogens is 439 g/mol. The van der Waals surface area contributed by atoms with E-state index in [1.54, 1.807) is 18.4 Å². The van der Waals surface area contributed by atoms with E-state index in [1.165, 1.54) is 35.0 Å². The van der Waals surface area contributed by atoms with Crippen LogP contribution in [0.2, 0.25) is 4.34 Å². The third-order valence-corrected chi connectivity index (χ3v) is 8.00. The fourth-order valence-electron chi connectivity index (χ4n) is 2.17. The summed E-state index contributed by atoms with van der Waals surface area (Å²) in [5.41, 5.74) is 0.118. The topological polar surface area (TPSA) is 55.2 Å². The van der Waals surface area contributed by atoms with Gasteiger partial charge in [-0.15, -0.1) is 22.7 Å². The largest absolute Gasteiger partial charge is 0.433 e. The van der Waals surface area contributed by atoms with Gasteiger partial charge in [-0.25, -0.2) is 9.19 Å². The Morgan fingerprint density at radius 3 is 2.56 bits per heavy atom. The molecule has 3 aromatic heterocycles. The minimum absolute atomic E-state index is 0.341. The van der Waals surface area contributed by atoms with Gasteiger partial charge in [-0.2, -0.15) is 17.5 Å². The van der Waals surface area contributed by atoms with Crippen LogP contribution in [-0.2, 0) is 15.9 Å². The Morgan fingerprint density at radius 2 is 2.00 bits per heavy atom. The van der Waals surface area contributed by atoms with Crippen molar-refractivity contribution in [3.05, 3.63) is 51.4 Å². The highest BCUT2D eigenvalue weighted by Gasteiger charge is 2.32. The van der Waals surface area contributed by atoms with Crippen molar-refractivity contribution in [2.75, 3.05) is 6.26 Å². The maximum Gasteiger partial charge on any atom is 0.433 e. The van der Waals surface area contributed by atoms with Crippen LogP contribution in [0.4, 0.5) is 18.3 Å². The summed E-state index contributed by atoms with van der Waals surface area (Å²) in [7, 11) is -2.80. The first kappa shape index (κ1) is 20.2. The monoisotopic (exact) mass is 451 g/mol. The van der Waals surface area contributed by atoms with Crippen molar-refractivity contribution in [2.24, 2.45) is 4.36 Å². The maximum absolute atomic E-state index is 13.0. The quantitative estimate of drug-likeness (QED) is 0.459. The molecule has 0 saturated heterocycles. The normalized spacial score (nSPS) is 15.3. The average Bonchev–Trinajstić information content (AvgIpc) is 3.22. The van der Waals surface area contributed by atoms with Gasteiger partial charge in [0.15, 0.2) is 0 Å². The summed E-state index contributed by atoms with van der Waals surface area (Å²) in [4.78, 5) is 8.66. The molecule has 2 atom stereocenters. The first-order valence-electron chi connectivity index (χ1n) is 7.51.